The summed E-state index contributed by atoms with van der Waals surface area (Å²) in [5.74, 6) is -0.0955. The number of hydrogen-bond donors (Lipinski definition) is 1. The van der Waals surface area contributed by atoms with Crippen molar-refractivity contribution >= 4 is 23.2 Å². The number of likely N-dealkylation sites (tertiary alicyclic amines) is 1. The average molecular weight is 421 g/mol. The molecule has 1 aromatic carbocycles. The molecule has 4 rings (SSSR count). The topological polar surface area (TPSA) is 75.2 Å². The fourth-order valence-corrected chi connectivity index (χ4v) is 4.51. The van der Waals surface area contributed by atoms with Gasteiger partial charge in [0.05, 0.1) is 17.2 Å². The van der Waals surface area contributed by atoms with Gasteiger partial charge in [-0.25, -0.2) is 4.98 Å². The molecule has 2 atom stereocenters. The van der Waals surface area contributed by atoms with Crippen molar-refractivity contribution in [1.29, 1.82) is 0 Å². The maximum absolute atomic E-state index is 13.1. The van der Waals surface area contributed by atoms with Crippen molar-refractivity contribution in [3.63, 3.8) is 0 Å². The third kappa shape index (κ3) is 4.41. The van der Waals surface area contributed by atoms with Crippen molar-refractivity contribution in [2.24, 2.45) is 5.92 Å². The summed E-state index contributed by atoms with van der Waals surface area (Å²) in [6.07, 6.45) is 3.53. The number of thiazole rings is 1. The van der Waals surface area contributed by atoms with E-state index in [1.807, 2.05) is 54.3 Å². The van der Waals surface area contributed by atoms with Crippen LogP contribution in [0.25, 0.3) is 0 Å². The molecule has 1 saturated heterocycles. The molecule has 3 heterocycles. The molecule has 154 valence electrons. The molecule has 0 spiro atoms. The Kier molecular flexibility index (Phi) is 6.18. The lowest BCUT2D eigenvalue weighted by Gasteiger charge is -2.37. The van der Waals surface area contributed by atoms with Crippen LogP contribution in [0.4, 0.5) is 0 Å². The molecular weight excluding hydrogens is 396 g/mol. The Hall–Kier alpha value is -3.06. The second-order valence-corrected chi connectivity index (χ2v) is 8.27. The van der Waals surface area contributed by atoms with Crippen LogP contribution < -0.4 is 5.32 Å². The number of pyridine rings is 1. The van der Waals surface area contributed by atoms with Crippen LogP contribution >= 0.6 is 11.3 Å². The predicted molar refractivity (Wildman–Crippen MR) is 116 cm³/mol. The second kappa shape index (κ2) is 9.17. The van der Waals surface area contributed by atoms with Gasteiger partial charge in [-0.15, -0.1) is 11.3 Å². The molecule has 0 unspecified atom stereocenters. The van der Waals surface area contributed by atoms with Gasteiger partial charge in [-0.1, -0.05) is 24.3 Å². The maximum atomic E-state index is 13.1. The fourth-order valence-electron chi connectivity index (χ4n) is 3.99. The van der Waals surface area contributed by atoms with Crippen LogP contribution in [0.2, 0.25) is 0 Å². The van der Waals surface area contributed by atoms with Gasteiger partial charge >= 0.3 is 0 Å². The molecule has 0 aliphatic carbocycles. The summed E-state index contributed by atoms with van der Waals surface area (Å²) in [5, 5.41) is 4.98. The van der Waals surface area contributed by atoms with Crippen LogP contribution in [0.5, 0.6) is 0 Å². The van der Waals surface area contributed by atoms with Crippen LogP contribution in [0.1, 0.15) is 51.0 Å². The lowest BCUT2D eigenvalue weighted by molar-refractivity contribution is 0.0631. The smallest absolute Gasteiger partial charge is 0.273 e. The Morgan fingerprint density at radius 1 is 1.17 bits per heavy atom. The van der Waals surface area contributed by atoms with Crippen LogP contribution in [0, 0.1) is 12.8 Å². The minimum atomic E-state index is -0.274. The van der Waals surface area contributed by atoms with Crippen molar-refractivity contribution in [3.05, 3.63) is 82.1 Å². The van der Waals surface area contributed by atoms with Crippen molar-refractivity contribution in [2.45, 2.75) is 25.8 Å². The highest BCUT2D eigenvalue weighted by Crippen LogP contribution is 2.30. The summed E-state index contributed by atoms with van der Waals surface area (Å²) in [6.45, 7) is 3.19. The van der Waals surface area contributed by atoms with Crippen LogP contribution in [-0.4, -0.2) is 39.8 Å². The Balaban J connectivity index is 1.57. The number of nitrogens with zero attached hydrogens (tertiary/aromatic N) is 3. The highest BCUT2D eigenvalue weighted by molar-refractivity contribution is 7.07. The van der Waals surface area contributed by atoms with Crippen LogP contribution in [0.3, 0.4) is 0 Å². The Morgan fingerprint density at radius 3 is 2.73 bits per heavy atom. The van der Waals surface area contributed by atoms with E-state index in [0.29, 0.717) is 24.3 Å². The summed E-state index contributed by atoms with van der Waals surface area (Å²) < 4.78 is 0. The molecule has 2 amide bonds. The van der Waals surface area contributed by atoms with Gasteiger partial charge < -0.3 is 10.2 Å². The molecule has 2 aromatic heterocycles. The molecule has 1 N–H and O–H groups in total. The molecule has 1 aliphatic heterocycles. The molecule has 1 aliphatic rings. The number of carbonyl (C=O) groups is 2. The van der Waals surface area contributed by atoms with E-state index in [0.717, 1.165) is 24.1 Å². The van der Waals surface area contributed by atoms with E-state index >= 15 is 0 Å². The molecule has 1 fully saturated rings. The minimum Gasteiger partial charge on any atom is -0.343 e. The van der Waals surface area contributed by atoms with Gasteiger partial charge in [-0.3, -0.25) is 14.6 Å². The molecule has 30 heavy (non-hydrogen) atoms. The predicted octanol–water partition coefficient (Wildman–Crippen LogP) is 3.87. The van der Waals surface area contributed by atoms with E-state index in [-0.39, 0.29) is 23.8 Å². The summed E-state index contributed by atoms with van der Waals surface area (Å²) in [6, 6.07) is 13.0. The first-order valence-corrected chi connectivity index (χ1v) is 11.0. The molecular formula is C23H24N4O2S. The standard InChI is InChI=1S/C23H24N4O2S/c1-16-7-2-3-9-18(16)22(28)26-21(19-10-4-5-11-24-19)17-8-6-12-27(13-17)23(29)20-14-30-15-25-20/h2-5,7,9-11,14-15,17,21H,6,8,12-13H2,1H3,(H,26,28)/t17-,21+/m0/s1. The van der Waals surface area contributed by atoms with Crippen molar-refractivity contribution in [1.82, 2.24) is 20.2 Å². The highest BCUT2D eigenvalue weighted by Gasteiger charge is 2.33. The monoisotopic (exact) mass is 420 g/mol. The number of hydrogen-bond acceptors (Lipinski definition) is 5. The molecule has 0 bridgehead atoms. The molecule has 0 radical (unpaired) electrons. The lowest BCUT2D eigenvalue weighted by Crippen LogP contribution is -2.45. The Morgan fingerprint density at radius 2 is 2.00 bits per heavy atom. The van der Waals surface area contributed by atoms with Gasteiger partial charge in [0.2, 0.25) is 0 Å². The van der Waals surface area contributed by atoms with Crippen molar-refractivity contribution in [3.8, 4) is 0 Å². The number of aromatic nitrogens is 2. The van der Waals surface area contributed by atoms with E-state index in [9.17, 15) is 9.59 Å². The van der Waals surface area contributed by atoms with E-state index in [2.05, 4.69) is 15.3 Å². The van der Waals surface area contributed by atoms with E-state index < -0.39 is 0 Å². The second-order valence-electron chi connectivity index (χ2n) is 7.55. The van der Waals surface area contributed by atoms with E-state index in [4.69, 9.17) is 0 Å². The third-order valence-electron chi connectivity index (χ3n) is 5.55. The summed E-state index contributed by atoms with van der Waals surface area (Å²) in [7, 11) is 0. The number of benzene rings is 1. The molecule has 3 aromatic rings. The summed E-state index contributed by atoms with van der Waals surface area (Å²) >= 11 is 1.42. The van der Waals surface area contributed by atoms with E-state index in [1.54, 1.807) is 17.1 Å². The maximum Gasteiger partial charge on any atom is 0.273 e. The SMILES string of the molecule is Cc1ccccc1C(=O)N[C@@H](c1ccccn1)[C@H]1CCCN(C(=O)c2cscn2)C1. The number of nitrogens with one attached hydrogen (secondary N) is 1. The first-order valence-electron chi connectivity index (χ1n) is 10.1. The quantitative estimate of drug-likeness (QED) is 0.680. The zero-order chi connectivity index (χ0) is 20.9. The van der Waals surface area contributed by atoms with Gasteiger partial charge in [0.15, 0.2) is 0 Å². The fraction of sp³-hybridized carbons (Fsp3) is 0.304. The Bertz CT molecular complexity index is 1010. The minimum absolute atomic E-state index is 0.0500. The third-order valence-corrected chi connectivity index (χ3v) is 6.14. The van der Waals surface area contributed by atoms with Gasteiger partial charge in [0.25, 0.3) is 11.8 Å². The van der Waals surface area contributed by atoms with Crippen LogP contribution in [-0.2, 0) is 0 Å². The number of aryl methyl sites for hydroxylation is 1. The molecule has 6 nitrogen and oxygen atoms in total. The normalized spacial score (nSPS) is 17.4. The Labute approximate surface area is 180 Å². The average Bonchev–Trinajstić information content (AvgIpc) is 3.33. The molecule has 0 saturated carbocycles. The first-order chi connectivity index (χ1) is 14.6. The number of piperidine rings is 1. The van der Waals surface area contributed by atoms with Gasteiger partial charge in [-0.05, 0) is 43.5 Å². The lowest BCUT2D eigenvalue weighted by atomic mass is 9.88. The highest BCUT2D eigenvalue weighted by atomic mass is 32.1. The van der Waals surface area contributed by atoms with Crippen molar-refractivity contribution < 1.29 is 9.59 Å². The number of amides is 2. The van der Waals surface area contributed by atoms with Gasteiger partial charge in [-0.2, -0.15) is 0 Å². The largest absolute Gasteiger partial charge is 0.343 e. The van der Waals surface area contributed by atoms with Crippen LogP contribution in [0.15, 0.2) is 59.6 Å². The zero-order valence-electron chi connectivity index (χ0n) is 16.8. The number of carbonyl (C=O) groups excluding carboxylic acids is 2. The van der Waals surface area contributed by atoms with Gasteiger partial charge in [0.1, 0.15) is 5.69 Å². The van der Waals surface area contributed by atoms with Crippen molar-refractivity contribution in [2.75, 3.05) is 13.1 Å². The first kappa shape index (κ1) is 20.2. The van der Waals surface area contributed by atoms with Gasteiger partial charge in [0, 0.05) is 36.1 Å². The summed E-state index contributed by atoms with van der Waals surface area (Å²) in [5.41, 5.74) is 4.56. The summed E-state index contributed by atoms with van der Waals surface area (Å²) in [4.78, 5) is 36.4. The molecule has 7 heteroatoms. The number of rotatable bonds is 5. The zero-order valence-corrected chi connectivity index (χ0v) is 17.6. The van der Waals surface area contributed by atoms with E-state index in [1.165, 1.54) is 11.3 Å².